The molecule has 0 aliphatic carbocycles. The Hall–Kier alpha value is -1.61. The van der Waals surface area contributed by atoms with Crippen LogP contribution in [0.4, 0.5) is 24.8 Å². The topological polar surface area (TPSA) is 79.1 Å². The van der Waals surface area contributed by atoms with Crippen molar-refractivity contribution in [3.05, 3.63) is 11.9 Å². The van der Waals surface area contributed by atoms with Gasteiger partial charge in [0.2, 0.25) is 5.82 Å². The number of rotatable bonds is 3. The lowest BCUT2D eigenvalue weighted by atomic mass is 9.84. The molecule has 0 spiro atoms. The number of hydrogen-bond acceptors (Lipinski definition) is 6. The smallest absolute Gasteiger partial charge is 0.366 e. The summed E-state index contributed by atoms with van der Waals surface area (Å²) in [4.78, 5) is 9.22. The number of piperidine rings is 3. The number of fused-ring (bicyclic) bond motifs is 3. The zero-order valence-corrected chi connectivity index (χ0v) is 11.3. The Morgan fingerprint density at radius 1 is 1.19 bits per heavy atom. The quantitative estimate of drug-likeness (QED) is 0.577. The lowest BCUT2D eigenvalue weighted by molar-refractivity contribution is -0.144. The number of nitrogens with one attached hydrogen (secondary N) is 2. The first-order chi connectivity index (χ1) is 9.95. The van der Waals surface area contributed by atoms with Crippen LogP contribution in [0.3, 0.4) is 0 Å². The molecule has 0 radical (unpaired) electrons. The Kier molecular flexibility index (Phi) is 3.62. The largest absolute Gasteiger partial charge is 0.451 e. The van der Waals surface area contributed by atoms with Gasteiger partial charge in [0, 0.05) is 18.7 Å². The van der Waals surface area contributed by atoms with Gasteiger partial charge >= 0.3 is 6.18 Å². The standard InChI is InChI=1S/C12H17F3N6/c13-12(14,15)11-18-9(5-10(19-11)20-16)17-8-6-21-3-1-7(8)2-4-21/h5,7-8H,1-4,6,16H2,(H2,17,18,19,20). The van der Waals surface area contributed by atoms with Crippen LogP contribution in [-0.4, -0.2) is 40.5 Å². The van der Waals surface area contributed by atoms with Gasteiger partial charge in [0.05, 0.1) is 0 Å². The third-order valence-corrected chi connectivity index (χ3v) is 4.12. The number of hydrogen-bond donors (Lipinski definition) is 3. The second kappa shape index (κ2) is 5.30. The van der Waals surface area contributed by atoms with Crippen molar-refractivity contribution < 1.29 is 13.2 Å². The third kappa shape index (κ3) is 3.03. The van der Waals surface area contributed by atoms with E-state index in [0.29, 0.717) is 5.92 Å². The van der Waals surface area contributed by atoms with Crippen LogP contribution in [0, 0.1) is 5.92 Å². The first-order valence-electron chi connectivity index (χ1n) is 6.87. The van der Waals surface area contributed by atoms with Crippen LogP contribution in [0.2, 0.25) is 0 Å². The number of halogens is 3. The lowest BCUT2D eigenvalue weighted by Crippen LogP contribution is -2.53. The second-order valence-corrected chi connectivity index (χ2v) is 5.49. The summed E-state index contributed by atoms with van der Waals surface area (Å²) in [6.45, 7) is 2.97. The number of anilines is 2. The predicted octanol–water partition coefficient (Wildman–Crippen LogP) is 1.29. The highest BCUT2D eigenvalue weighted by atomic mass is 19.4. The summed E-state index contributed by atoms with van der Waals surface area (Å²) in [5.41, 5.74) is 2.15. The zero-order chi connectivity index (χ0) is 15.0. The van der Waals surface area contributed by atoms with Crippen molar-refractivity contribution >= 4 is 11.6 Å². The number of nitrogens with two attached hydrogens (primary N) is 1. The molecule has 4 N–H and O–H groups in total. The molecule has 0 amide bonds. The highest BCUT2D eigenvalue weighted by molar-refractivity contribution is 5.48. The van der Waals surface area contributed by atoms with Crippen LogP contribution in [0.25, 0.3) is 0 Å². The van der Waals surface area contributed by atoms with E-state index in [1.807, 2.05) is 0 Å². The highest BCUT2D eigenvalue weighted by Crippen LogP contribution is 2.31. The fourth-order valence-electron chi connectivity index (χ4n) is 3.04. The van der Waals surface area contributed by atoms with Gasteiger partial charge in [-0.15, -0.1) is 0 Å². The van der Waals surface area contributed by atoms with Crippen LogP contribution >= 0.6 is 0 Å². The molecule has 1 aromatic rings. The average molecular weight is 302 g/mol. The van der Waals surface area contributed by atoms with Gasteiger partial charge in [-0.25, -0.2) is 15.8 Å². The molecule has 3 fully saturated rings. The van der Waals surface area contributed by atoms with Crippen LogP contribution in [0.5, 0.6) is 0 Å². The monoisotopic (exact) mass is 302 g/mol. The van der Waals surface area contributed by atoms with E-state index in [1.54, 1.807) is 0 Å². The number of alkyl halides is 3. The number of aromatic nitrogens is 2. The zero-order valence-electron chi connectivity index (χ0n) is 11.3. The summed E-state index contributed by atoms with van der Waals surface area (Å²) >= 11 is 0. The Morgan fingerprint density at radius 2 is 1.86 bits per heavy atom. The number of nitrogens with zero attached hydrogens (tertiary/aromatic N) is 3. The fourth-order valence-corrected chi connectivity index (χ4v) is 3.04. The normalized spacial score (nSPS) is 28.5. The first-order valence-corrected chi connectivity index (χ1v) is 6.87. The Bertz CT molecular complexity index is 512. The van der Waals surface area contributed by atoms with Crippen molar-refractivity contribution in [1.29, 1.82) is 0 Å². The van der Waals surface area contributed by atoms with E-state index in [-0.39, 0.29) is 17.7 Å². The van der Waals surface area contributed by atoms with E-state index >= 15 is 0 Å². The van der Waals surface area contributed by atoms with E-state index in [2.05, 4.69) is 25.6 Å². The third-order valence-electron chi connectivity index (χ3n) is 4.12. The average Bonchev–Trinajstić information content (AvgIpc) is 2.47. The van der Waals surface area contributed by atoms with Gasteiger partial charge in [-0.3, -0.25) is 0 Å². The molecular formula is C12H17F3N6. The van der Waals surface area contributed by atoms with Crippen LogP contribution in [0.15, 0.2) is 6.07 Å². The van der Waals surface area contributed by atoms with Gasteiger partial charge in [-0.1, -0.05) is 0 Å². The van der Waals surface area contributed by atoms with Crippen molar-refractivity contribution in [2.45, 2.75) is 25.1 Å². The van der Waals surface area contributed by atoms with Gasteiger partial charge < -0.3 is 15.6 Å². The maximum atomic E-state index is 12.8. The number of hydrazine groups is 1. The van der Waals surface area contributed by atoms with E-state index in [0.717, 1.165) is 32.5 Å². The van der Waals surface area contributed by atoms with Crippen LogP contribution in [0.1, 0.15) is 18.7 Å². The van der Waals surface area contributed by atoms with Crippen molar-refractivity contribution in [3.8, 4) is 0 Å². The fraction of sp³-hybridized carbons (Fsp3) is 0.667. The second-order valence-electron chi connectivity index (χ2n) is 5.49. The van der Waals surface area contributed by atoms with Crippen molar-refractivity contribution in [2.75, 3.05) is 30.4 Å². The maximum absolute atomic E-state index is 12.8. The minimum absolute atomic E-state index is 0.0545. The predicted molar refractivity (Wildman–Crippen MR) is 71.4 cm³/mol. The minimum atomic E-state index is -4.60. The van der Waals surface area contributed by atoms with E-state index < -0.39 is 12.0 Å². The summed E-state index contributed by atoms with van der Waals surface area (Å²) in [7, 11) is 0. The molecule has 6 nitrogen and oxygen atoms in total. The summed E-state index contributed by atoms with van der Waals surface area (Å²) in [6.07, 6.45) is -2.47. The summed E-state index contributed by atoms with van der Waals surface area (Å²) in [5, 5.41) is 3.11. The lowest BCUT2D eigenvalue weighted by Gasteiger charge is -2.45. The van der Waals surface area contributed by atoms with Crippen LogP contribution < -0.4 is 16.6 Å². The van der Waals surface area contributed by atoms with Crippen molar-refractivity contribution in [2.24, 2.45) is 11.8 Å². The van der Waals surface area contributed by atoms with Gasteiger partial charge in [-0.05, 0) is 31.8 Å². The Balaban J connectivity index is 1.81. The number of nitrogen functional groups attached to an aromatic ring is 1. The van der Waals surface area contributed by atoms with E-state index in [4.69, 9.17) is 5.84 Å². The molecule has 0 aromatic carbocycles. The van der Waals surface area contributed by atoms with E-state index in [9.17, 15) is 13.2 Å². The molecular weight excluding hydrogens is 285 g/mol. The molecule has 1 atom stereocenters. The molecule has 3 aliphatic rings. The van der Waals surface area contributed by atoms with Crippen molar-refractivity contribution in [3.63, 3.8) is 0 Å². The van der Waals surface area contributed by atoms with Gasteiger partial charge in [0.15, 0.2) is 0 Å². The van der Waals surface area contributed by atoms with E-state index in [1.165, 1.54) is 6.07 Å². The molecule has 9 heteroatoms. The molecule has 1 aromatic heterocycles. The molecule has 2 bridgehead atoms. The van der Waals surface area contributed by atoms with Gasteiger partial charge in [0.1, 0.15) is 11.6 Å². The summed E-state index contributed by atoms with van der Waals surface area (Å²) in [6, 6.07) is 1.52. The van der Waals surface area contributed by atoms with Crippen molar-refractivity contribution in [1.82, 2.24) is 14.9 Å². The highest BCUT2D eigenvalue weighted by Gasteiger charge is 2.37. The molecule has 1 unspecified atom stereocenters. The molecule has 21 heavy (non-hydrogen) atoms. The molecule has 3 aliphatic heterocycles. The molecule has 4 rings (SSSR count). The SMILES string of the molecule is NNc1cc(NC2CN3CCC2CC3)nc(C(F)(F)F)n1. The first kappa shape index (κ1) is 14.3. The molecule has 116 valence electrons. The Morgan fingerprint density at radius 3 is 2.38 bits per heavy atom. The Labute approximate surface area is 119 Å². The molecule has 3 saturated heterocycles. The summed E-state index contributed by atoms with van der Waals surface area (Å²) < 4.78 is 38.3. The molecule has 4 heterocycles. The minimum Gasteiger partial charge on any atom is -0.366 e. The summed E-state index contributed by atoms with van der Waals surface area (Å²) in [5.74, 6) is 4.57. The van der Waals surface area contributed by atoms with Gasteiger partial charge in [0.25, 0.3) is 0 Å². The van der Waals surface area contributed by atoms with Crippen LogP contribution in [-0.2, 0) is 6.18 Å². The van der Waals surface area contributed by atoms with Gasteiger partial charge in [-0.2, -0.15) is 13.2 Å². The maximum Gasteiger partial charge on any atom is 0.451 e. The molecule has 0 saturated carbocycles.